The predicted molar refractivity (Wildman–Crippen MR) is 101 cm³/mol. The Morgan fingerprint density at radius 1 is 1.16 bits per heavy atom. The van der Waals surface area contributed by atoms with Crippen LogP contribution in [0.2, 0.25) is 0 Å². The fraction of sp³-hybridized carbons (Fsp3) is 0.650. The summed E-state index contributed by atoms with van der Waals surface area (Å²) in [5, 5.41) is 0. The number of rotatable bonds is 3. The molecule has 2 saturated heterocycles. The summed E-state index contributed by atoms with van der Waals surface area (Å²) >= 11 is 1.93. The standard InChI is InChI=1S/C20H29NO3S/c1-19(2,3)24-18(22)21-14-6-7-15(21)13-20(4,12-14)25-17-10-8-16(23-5)9-11-17/h8-11,14-15H,6-7,12-13H2,1-5H3. The molecule has 2 bridgehead atoms. The van der Waals surface area contributed by atoms with Crippen LogP contribution in [0.3, 0.4) is 0 Å². The molecule has 1 aromatic carbocycles. The van der Waals surface area contributed by atoms with Crippen LogP contribution in [0.25, 0.3) is 0 Å². The van der Waals surface area contributed by atoms with Crippen molar-refractivity contribution >= 4 is 17.9 Å². The molecule has 0 aromatic heterocycles. The Kier molecular flexibility index (Phi) is 4.97. The van der Waals surface area contributed by atoms with E-state index in [0.717, 1.165) is 31.4 Å². The molecule has 0 radical (unpaired) electrons. The number of thioether (sulfide) groups is 1. The average Bonchev–Trinajstić information content (AvgIpc) is 2.79. The van der Waals surface area contributed by atoms with E-state index in [1.165, 1.54) is 4.90 Å². The van der Waals surface area contributed by atoms with Crippen molar-refractivity contribution in [3.05, 3.63) is 24.3 Å². The van der Waals surface area contributed by atoms with Crippen molar-refractivity contribution < 1.29 is 14.3 Å². The summed E-state index contributed by atoms with van der Waals surface area (Å²) in [5.74, 6) is 0.884. The molecule has 3 rings (SSSR count). The molecule has 0 saturated carbocycles. The van der Waals surface area contributed by atoms with Crippen LogP contribution in [0.15, 0.2) is 29.2 Å². The molecule has 4 nitrogen and oxygen atoms in total. The SMILES string of the molecule is COc1ccc(SC2(C)CC3CCC(C2)N3C(=O)OC(C)(C)C)cc1. The zero-order valence-electron chi connectivity index (χ0n) is 15.9. The molecule has 0 spiro atoms. The molecule has 138 valence electrons. The zero-order chi connectivity index (χ0) is 18.2. The van der Waals surface area contributed by atoms with E-state index in [-0.39, 0.29) is 10.8 Å². The number of nitrogens with zero attached hydrogens (tertiary/aromatic N) is 1. The van der Waals surface area contributed by atoms with E-state index in [2.05, 4.69) is 19.1 Å². The number of piperidine rings is 1. The van der Waals surface area contributed by atoms with E-state index in [9.17, 15) is 4.79 Å². The first-order chi connectivity index (χ1) is 11.7. The maximum atomic E-state index is 12.6. The number of amides is 1. The summed E-state index contributed by atoms with van der Waals surface area (Å²) in [5.41, 5.74) is -0.435. The van der Waals surface area contributed by atoms with Gasteiger partial charge in [-0.05, 0) is 77.6 Å². The van der Waals surface area contributed by atoms with Crippen molar-refractivity contribution in [2.45, 2.75) is 80.7 Å². The van der Waals surface area contributed by atoms with Gasteiger partial charge in [-0.3, -0.25) is 0 Å². The van der Waals surface area contributed by atoms with Gasteiger partial charge < -0.3 is 14.4 Å². The molecule has 25 heavy (non-hydrogen) atoms. The minimum absolute atomic E-state index is 0.142. The van der Waals surface area contributed by atoms with Crippen LogP contribution in [0.4, 0.5) is 4.79 Å². The molecule has 1 amide bonds. The van der Waals surface area contributed by atoms with Crippen molar-refractivity contribution in [1.29, 1.82) is 0 Å². The van der Waals surface area contributed by atoms with E-state index in [1.807, 2.05) is 49.6 Å². The van der Waals surface area contributed by atoms with E-state index in [0.29, 0.717) is 12.1 Å². The summed E-state index contributed by atoms with van der Waals surface area (Å²) in [4.78, 5) is 15.9. The van der Waals surface area contributed by atoms with Gasteiger partial charge >= 0.3 is 6.09 Å². The lowest BCUT2D eigenvalue weighted by atomic mass is 9.91. The van der Waals surface area contributed by atoms with Gasteiger partial charge in [-0.2, -0.15) is 0 Å². The van der Waals surface area contributed by atoms with Gasteiger partial charge in [0.05, 0.1) is 7.11 Å². The monoisotopic (exact) mass is 363 g/mol. The Hall–Kier alpha value is -1.36. The quantitative estimate of drug-likeness (QED) is 0.748. The highest BCUT2D eigenvalue weighted by atomic mass is 32.2. The first-order valence-corrected chi connectivity index (χ1v) is 9.85. The van der Waals surface area contributed by atoms with Gasteiger partial charge in [0.2, 0.25) is 0 Å². The van der Waals surface area contributed by atoms with E-state index in [1.54, 1.807) is 7.11 Å². The molecular weight excluding hydrogens is 334 g/mol. The molecular formula is C20H29NO3S. The number of hydrogen-bond donors (Lipinski definition) is 0. The zero-order valence-corrected chi connectivity index (χ0v) is 16.7. The third-order valence-electron chi connectivity index (χ3n) is 4.98. The third kappa shape index (κ3) is 4.25. The number of hydrogen-bond acceptors (Lipinski definition) is 4. The highest BCUT2D eigenvalue weighted by Gasteiger charge is 2.49. The molecule has 2 aliphatic heterocycles. The number of benzene rings is 1. The number of ether oxygens (including phenoxy) is 2. The van der Waals surface area contributed by atoms with E-state index in [4.69, 9.17) is 9.47 Å². The smallest absolute Gasteiger partial charge is 0.410 e. The second-order valence-corrected chi connectivity index (χ2v) is 10.1. The van der Waals surface area contributed by atoms with Crippen LogP contribution in [0, 0.1) is 0 Å². The van der Waals surface area contributed by atoms with Gasteiger partial charge in [-0.25, -0.2) is 4.79 Å². The van der Waals surface area contributed by atoms with Gasteiger partial charge in [0.1, 0.15) is 11.4 Å². The third-order valence-corrected chi connectivity index (χ3v) is 6.32. The first kappa shape index (κ1) is 18.4. The predicted octanol–water partition coefficient (Wildman–Crippen LogP) is 5.11. The van der Waals surface area contributed by atoms with Crippen LogP contribution in [0.1, 0.15) is 53.4 Å². The molecule has 1 aromatic rings. The van der Waals surface area contributed by atoms with Crippen LogP contribution in [0.5, 0.6) is 5.75 Å². The Morgan fingerprint density at radius 3 is 2.20 bits per heavy atom. The summed E-state index contributed by atoms with van der Waals surface area (Å²) < 4.78 is 11.0. The summed E-state index contributed by atoms with van der Waals surface area (Å²) in [6.45, 7) is 8.13. The van der Waals surface area contributed by atoms with Crippen molar-refractivity contribution in [2.75, 3.05) is 7.11 Å². The molecule has 2 heterocycles. The first-order valence-electron chi connectivity index (χ1n) is 9.03. The average molecular weight is 364 g/mol. The lowest BCUT2D eigenvalue weighted by Crippen LogP contribution is -2.52. The van der Waals surface area contributed by atoms with E-state index < -0.39 is 5.60 Å². The molecule has 0 N–H and O–H groups in total. The molecule has 2 aliphatic rings. The summed E-state index contributed by atoms with van der Waals surface area (Å²) in [6.07, 6.45) is 4.06. The Balaban J connectivity index is 1.68. The molecule has 2 atom stereocenters. The van der Waals surface area contributed by atoms with Crippen LogP contribution < -0.4 is 4.74 Å². The van der Waals surface area contributed by atoms with Gasteiger partial charge in [0.25, 0.3) is 0 Å². The van der Waals surface area contributed by atoms with Crippen LogP contribution in [-0.4, -0.2) is 40.5 Å². The fourth-order valence-electron chi connectivity index (χ4n) is 4.07. The number of carbonyl (C=O) groups excluding carboxylic acids is 1. The van der Waals surface area contributed by atoms with Gasteiger partial charge in [0.15, 0.2) is 0 Å². The summed E-state index contributed by atoms with van der Waals surface area (Å²) in [6, 6.07) is 8.86. The lowest BCUT2D eigenvalue weighted by Gasteiger charge is -2.44. The van der Waals surface area contributed by atoms with Crippen LogP contribution >= 0.6 is 11.8 Å². The summed E-state index contributed by atoms with van der Waals surface area (Å²) in [7, 11) is 1.69. The maximum absolute atomic E-state index is 12.6. The highest BCUT2D eigenvalue weighted by Crippen LogP contribution is 2.49. The minimum Gasteiger partial charge on any atom is -0.497 e. The molecule has 0 aliphatic carbocycles. The number of carbonyl (C=O) groups is 1. The minimum atomic E-state index is -0.435. The second kappa shape index (κ2) is 6.75. The molecule has 5 heteroatoms. The van der Waals surface area contributed by atoms with Crippen LogP contribution in [-0.2, 0) is 4.74 Å². The Morgan fingerprint density at radius 2 is 1.72 bits per heavy atom. The number of methoxy groups -OCH3 is 1. The van der Waals surface area contributed by atoms with Crippen molar-refractivity contribution in [2.24, 2.45) is 0 Å². The maximum Gasteiger partial charge on any atom is 0.410 e. The Bertz CT molecular complexity index is 609. The second-order valence-electron chi connectivity index (χ2n) is 8.41. The van der Waals surface area contributed by atoms with E-state index >= 15 is 0 Å². The van der Waals surface area contributed by atoms with Crippen molar-refractivity contribution in [3.63, 3.8) is 0 Å². The van der Waals surface area contributed by atoms with Crippen molar-refractivity contribution in [3.8, 4) is 5.75 Å². The molecule has 2 fully saturated rings. The van der Waals surface area contributed by atoms with Crippen molar-refractivity contribution in [1.82, 2.24) is 4.90 Å². The fourth-order valence-corrected chi connectivity index (χ4v) is 5.46. The topological polar surface area (TPSA) is 38.8 Å². The molecule has 2 unspecified atom stereocenters. The Labute approximate surface area is 155 Å². The normalized spacial score (nSPS) is 28.8. The van der Waals surface area contributed by atoms with Gasteiger partial charge in [-0.1, -0.05) is 0 Å². The van der Waals surface area contributed by atoms with Gasteiger partial charge in [-0.15, -0.1) is 11.8 Å². The largest absolute Gasteiger partial charge is 0.497 e. The van der Waals surface area contributed by atoms with Gasteiger partial charge in [0, 0.05) is 21.7 Å². The highest BCUT2D eigenvalue weighted by molar-refractivity contribution is 8.00. The number of fused-ring (bicyclic) bond motifs is 2. The lowest BCUT2D eigenvalue weighted by molar-refractivity contribution is 0.00522.